The van der Waals surface area contributed by atoms with E-state index in [0.717, 1.165) is 21.8 Å². The van der Waals surface area contributed by atoms with E-state index in [1.165, 1.54) is 0 Å². The molecule has 0 unspecified atom stereocenters. The van der Waals surface area contributed by atoms with Gasteiger partial charge in [0.2, 0.25) is 5.91 Å². The molecule has 1 heterocycles. The highest BCUT2D eigenvalue weighted by molar-refractivity contribution is 7.10. The fourth-order valence-corrected chi connectivity index (χ4v) is 5.17. The highest BCUT2D eigenvalue weighted by Crippen LogP contribution is 2.28. The van der Waals surface area contributed by atoms with Gasteiger partial charge in [-0.3, -0.25) is 4.79 Å². The van der Waals surface area contributed by atoms with Crippen LogP contribution in [0.5, 0.6) is 17.2 Å². The maximum Gasteiger partial charge on any atom is 0.322 e. The zero-order valence-corrected chi connectivity index (χ0v) is 25.4. The van der Waals surface area contributed by atoms with E-state index in [9.17, 15) is 9.59 Å². The summed E-state index contributed by atoms with van der Waals surface area (Å²) in [6.07, 6.45) is 1.23. The maximum atomic E-state index is 13.8. The van der Waals surface area contributed by atoms with E-state index in [1.807, 2.05) is 42.3 Å². The summed E-state index contributed by atoms with van der Waals surface area (Å²) in [4.78, 5) is 31.6. The number of urea groups is 1. The summed E-state index contributed by atoms with van der Waals surface area (Å²) in [5.74, 6) is 1.90. The third-order valence-corrected chi connectivity index (χ3v) is 7.59. The van der Waals surface area contributed by atoms with Gasteiger partial charge in [0.1, 0.15) is 12.3 Å². The largest absolute Gasteiger partial charge is 0.494 e. The molecule has 0 radical (unpaired) electrons. The lowest BCUT2D eigenvalue weighted by atomic mass is 10.1. The van der Waals surface area contributed by atoms with E-state index in [0.29, 0.717) is 62.9 Å². The first-order chi connectivity index (χ1) is 19.9. The van der Waals surface area contributed by atoms with Gasteiger partial charge in [-0.25, -0.2) is 4.79 Å². The van der Waals surface area contributed by atoms with Gasteiger partial charge in [-0.05, 0) is 85.7 Å². The highest BCUT2D eigenvalue weighted by Gasteiger charge is 2.23. The lowest BCUT2D eigenvalue weighted by molar-refractivity contribution is -0.132. The Balaban J connectivity index is 1.75. The van der Waals surface area contributed by atoms with Crippen LogP contribution in [-0.2, 0) is 22.5 Å². The van der Waals surface area contributed by atoms with Crippen LogP contribution in [0.15, 0.2) is 53.9 Å². The van der Waals surface area contributed by atoms with Gasteiger partial charge in [-0.15, -0.1) is 11.3 Å². The number of nitrogens with zero attached hydrogens (tertiary/aromatic N) is 2. The molecule has 0 saturated heterocycles. The van der Waals surface area contributed by atoms with Crippen LogP contribution in [0.4, 0.5) is 10.5 Å². The molecule has 0 spiro atoms. The quantitative estimate of drug-likeness (QED) is 0.221. The van der Waals surface area contributed by atoms with Gasteiger partial charge in [0, 0.05) is 37.4 Å². The Morgan fingerprint density at radius 2 is 1.68 bits per heavy atom. The predicted octanol–water partition coefficient (Wildman–Crippen LogP) is 5.61. The van der Waals surface area contributed by atoms with E-state index in [-0.39, 0.29) is 18.5 Å². The van der Waals surface area contributed by atoms with Crippen molar-refractivity contribution in [3.05, 3.63) is 69.9 Å². The molecule has 0 aliphatic carbocycles. The fraction of sp³-hybridized carbons (Fsp3) is 0.419. The van der Waals surface area contributed by atoms with Crippen LogP contribution >= 0.6 is 11.3 Å². The predicted molar refractivity (Wildman–Crippen MR) is 162 cm³/mol. The van der Waals surface area contributed by atoms with E-state index < -0.39 is 0 Å². The van der Waals surface area contributed by atoms with Gasteiger partial charge in [-0.2, -0.15) is 0 Å². The molecule has 41 heavy (non-hydrogen) atoms. The molecule has 3 aromatic rings. The number of amides is 3. The Kier molecular flexibility index (Phi) is 12.8. The number of carbonyl (C=O) groups excluding carboxylic acids is 2. The minimum Gasteiger partial charge on any atom is -0.494 e. The molecule has 0 bridgehead atoms. The average Bonchev–Trinajstić information content (AvgIpc) is 3.39. The standard InChI is InChI=1S/C31H41N3O6S/c1-6-40-26-11-9-25(10-12-26)32-31(36)34(16-7-18-37-3)22-30(35)33(21-29-23(2)15-19-41-29)17-14-24-8-13-27(38-4)28(20-24)39-5/h8-13,15,19-20H,6-7,14,16-18,21-22H2,1-5H3,(H,32,36). The Bertz CT molecular complexity index is 1250. The van der Waals surface area contributed by atoms with Gasteiger partial charge in [0.25, 0.3) is 0 Å². The molecule has 1 aromatic heterocycles. The van der Waals surface area contributed by atoms with Crippen molar-refractivity contribution in [1.82, 2.24) is 9.80 Å². The van der Waals surface area contributed by atoms with Crippen molar-refractivity contribution in [2.45, 2.75) is 33.2 Å². The van der Waals surface area contributed by atoms with E-state index in [2.05, 4.69) is 11.4 Å². The molecule has 0 atom stereocenters. The van der Waals surface area contributed by atoms with Crippen LogP contribution in [0.2, 0.25) is 0 Å². The third kappa shape index (κ3) is 9.68. The molecular formula is C31H41N3O6S. The van der Waals surface area contributed by atoms with Crippen molar-refractivity contribution >= 4 is 29.0 Å². The van der Waals surface area contributed by atoms with Gasteiger partial charge in [0.05, 0.1) is 27.4 Å². The zero-order valence-electron chi connectivity index (χ0n) is 24.6. The smallest absolute Gasteiger partial charge is 0.322 e. The van der Waals surface area contributed by atoms with Crippen molar-refractivity contribution in [2.75, 3.05) is 59.5 Å². The number of carbonyl (C=O) groups is 2. The molecule has 2 aromatic carbocycles. The second-order valence-corrected chi connectivity index (χ2v) is 10.4. The molecule has 1 N–H and O–H groups in total. The molecule has 9 nitrogen and oxygen atoms in total. The number of hydrogen-bond donors (Lipinski definition) is 1. The summed E-state index contributed by atoms with van der Waals surface area (Å²) < 4.78 is 21.5. The van der Waals surface area contributed by atoms with E-state index in [4.69, 9.17) is 18.9 Å². The SMILES string of the molecule is CCOc1ccc(NC(=O)N(CCCOC)CC(=O)N(CCc2ccc(OC)c(OC)c2)Cc2sccc2C)cc1. The summed E-state index contributed by atoms with van der Waals surface area (Å²) in [6.45, 7) is 6.30. The van der Waals surface area contributed by atoms with Gasteiger partial charge < -0.3 is 34.1 Å². The van der Waals surface area contributed by atoms with E-state index in [1.54, 1.807) is 61.8 Å². The molecule has 0 aliphatic heterocycles. The van der Waals surface area contributed by atoms with Crippen molar-refractivity contribution in [2.24, 2.45) is 0 Å². The molecule has 222 valence electrons. The number of ether oxygens (including phenoxy) is 4. The minimum absolute atomic E-state index is 0.0526. The number of hydrogen-bond acceptors (Lipinski definition) is 7. The first-order valence-electron chi connectivity index (χ1n) is 13.7. The number of benzene rings is 2. The summed E-state index contributed by atoms with van der Waals surface area (Å²) >= 11 is 1.63. The Morgan fingerprint density at radius 1 is 0.927 bits per heavy atom. The highest BCUT2D eigenvalue weighted by atomic mass is 32.1. The molecule has 0 saturated carbocycles. The normalized spacial score (nSPS) is 10.7. The lowest BCUT2D eigenvalue weighted by Gasteiger charge is -2.28. The molecular weight excluding hydrogens is 542 g/mol. The Morgan fingerprint density at radius 3 is 2.32 bits per heavy atom. The Labute approximate surface area is 247 Å². The molecule has 0 fully saturated rings. The zero-order chi connectivity index (χ0) is 29.6. The van der Waals surface area contributed by atoms with Crippen molar-refractivity contribution < 1.29 is 28.5 Å². The number of aryl methyl sites for hydroxylation is 1. The molecule has 0 aliphatic rings. The maximum absolute atomic E-state index is 13.8. The second kappa shape index (κ2) is 16.5. The van der Waals surface area contributed by atoms with Gasteiger partial charge in [-0.1, -0.05) is 6.07 Å². The van der Waals surface area contributed by atoms with Crippen LogP contribution < -0.4 is 19.5 Å². The average molecular weight is 584 g/mol. The topological polar surface area (TPSA) is 89.6 Å². The van der Waals surface area contributed by atoms with Gasteiger partial charge >= 0.3 is 6.03 Å². The summed E-state index contributed by atoms with van der Waals surface area (Å²) in [5, 5.41) is 4.95. The second-order valence-electron chi connectivity index (χ2n) is 9.44. The number of thiophene rings is 1. The van der Waals surface area contributed by atoms with Crippen molar-refractivity contribution in [3.8, 4) is 17.2 Å². The first kappa shape index (κ1) is 31.8. The molecule has 3 rings (SSSR count). The van der Waals surface area contributed by atoms with Crippen LogP contribution in [0, 0.1) is 6.92 Å². The monoisotopic (exact) mass is 583 g/mol. The van der Waals surface area contributed by atoms with Crippen LogP contribution in [0.25, 0.3) is 0 Å². The number of nitrogens with one attached hydrogen (secondary N) is 1. The Hall–Kier alpha value is -3.76. The van der Waals surface area contributed by atoms with Crippen LogP contribution in [-0.4, -0.2) is 75.9 Å². The van der Waals surface area contributed by atoms with Gasteiger partial charge in [0.15, 0.2) is 11.5 Å². The molecule has 10 heteroatoms. The molecule has 3 amide bonds. The summed E-state index contributed by atoms with van der Waals surface area (Å²) in [7, 11) is 4.83. The lowest BCUT2D eigenvalue weighted by Crippen LogP contribution is -2.45. The first-order valence-corrected chi connectivity index (χ1v) is 14.6. The summed E-state index contributed by atoms with van der Waals surface area (Å²) in [5.41, 5.74) is 2.79. The number of methoxy groups -OCH3 is 3. The summed E-state index contributed by atoms with van der Waals surface area (Å²) in [6, 6.07) is 14.7. The van der Waals surface area contributed by atoms with Crippen LogP contribution in [0.1, 0.15) is 29.3 Å². The van der Waals surface area contributed by atoms with Crippen molar-refractivity contribution in [3.63, 3.8) is 0 Å². The fourth-order valence-electron chi connectivity index (χ4n) is 4.25. The minimum atomic E-state index is -0.342. The van der Waals surface area contributed by atoms with Crippen molar-refractivity contribution in [1.29, 1.82) is 0 Å². The van der Waals surface area contributed by atoms with Crippen LogP contribution in [0.3, 0.4) is 0 Å². The number of rotatable bonds is 16. The third-order valence-electron chi connectivity index (χ3n) is 6.58. The number of anilines is 1. The van der Waals surface area contributed by atoms with E-state index >= 15 is 0 Å².